The number of hydrogen-bond donors (Lipinski definition) is 4. The van der Waals surface area contributed by atoms with Crippen LogP contribution in [-0.4, -0.2) is 19.9 Å². The number of halogens is 2. The van der Waals surface area contributed by atoms with Crippen molar-refractivity contribution in [3.8, 4) is 0 Å². The number of aliphatic hydroxyl groups is 1. The third kappa shape index (κ3) is 3.78. The number of nitrogens with one attached hydrogen (secondary N) is 3. The van der Waals surface area contributed by atoms with Gasteiger partial charge in [0.25, 0.3) is 0 Å². The van der Waals surface area contributed by atoms with Gasteiger partial charge >= 0.3 is 0 Å². The van der Waals surface area contributed by atoms with Crippen LogP contribution in [0.1, 0.15) is 30.6 Å². The molecule has 0 fully saturated rings. The molecule has 2 unspecified atom stereocenters. The Morgan fingerprint density at radius 2 is 1.92 bits per heavy atom. The monoisotopic (exact) mass is 459 g/mol. The molecule has 1 aliphatic rings. The molecule has 2 atom stereocenters. The van der Waals surface area contributed by atoms with Crippen LogP contribution in [0, 0.1) is 0 Å². The van der Waals surface area contributed by atoms with Crippen molar-refractivity contribution in [1.29, 1.82) is 0 Å². The van der Waals surface area contributed by atoms with Crippen LogP contribution in [0.3, 0.4) is 0 Å². The van der Waals surface area contributed by atoms with E-state index in [4.69, 9.17) is 11.6 Å². The molecule has 0 bridgehead atoms. The second-order valence-electron chi connectivity index (χ2n) is 5.98. The lowest BCUT2D eigenvalue weighted by Crippen LogP contribution is -2.28. The summed E-state index contributed by atoms with van der Waals surface area (Å²) in [4.78, 5) is 0. The van der Waals surface area contributed by atoms with Gasteiger partial charge in [-0.25, -0.2) is 8.42 Å². The fourth-order valence-corrected chi connectivity index (χ4v) is 5.48. The summed E-state index contributed by atoms with van der Waals surface area (Å²) in [6.07, 6.45) is 0.0581. The summed E-state index contributed by atoms with van der Waals surface area (Å²) in [5.74, 6) is 0. The van der Waals surface area contributed by atoms with E-state index in [1.807, 2.05) is 25.1 Å². The first-order valence-electron chi connectivity index (χ1n) is 8.13. The predicted molar refractivity (Wildman–Crippen MR) is 109 cm³/mol. The maximum absolute atomic E-state index is 12.5. The van der Waals surface area contributed by atoms with Crippen LogP contribution in [0.4, 0.5) is 17.1 Å². The molecule has 0 saturated heterocycles. The predicted octanol–water partition coefficient (Wildman–Crippen LogP) is 4.50. The summed E-state index contributed by atoms with van der Waals surface area (Å²) in [5.41, 5.74) is 2.09. The topological polar surface area (TPSA) is 90.5 Å². The average molecular weight is 461 g/mol. The van der Waals surface area contributed by atoms with Crippen LogP contribution in [0.2, 0.25) is 5.02 Å². The van der Waals surface area contributed by atoms with Crippen molar-refractivity contribution >= 4 is 54.6 Å². The van der Waals surface area contributed by atoms with Crippen LogP contribution in [0.15, 0.2) is 40.9 Å². The number of fused-ring (bicyclic) bond motifs is 1. The highest BCUT2D eigenvalue weighted by atomic mass is 79.9. The van der Waals surface area contributed by atoms with Gasteiger partial charge < -0.3 is 15.7 Å². The van der Waals surface area contributed by atoms with Crippen molar-refractivity contribution in [3.05, 3.63) is 51.5 Å². The molecule has 0 aromatic heterocycles. The van der Waals surface area contributed by atoms with Crippen molar-refractivity contribution in [2.24, 2.45) is 0 Å². The highest BCUT2D eigenvalue weighted by Crippen LogP contribution is 2.47. The fourth-order valence-electron chi connectivity index (χ4n) is 2.98. The Labute approximate surface area is 166 Å². The zero-order valence-corrected chi connectivity index (χ0v) is 17.1. The first-order chi connectivity index (χ1) is 12.3. The molecule has 3 rings (SSSR count). The zero-order valence-electron chi connectivity index (χ0n) is 14.0. The van der Waals surface area contributed by atoms with Crippen LogP contribution in [0.25, 0.3) is 0 Å². The molecule has 4 N–H and O–H groups in total. The number of rotatable bonds is 6. The minimum absolute atomic E-state index is 0.393. The van der Waals surface area contributed by atoms with Crippen molar-refractivity contribution in [3.63, 3.8) is 0 Å². The Morgan fingerprint density at radius 1 is 1.23 bits per heavy atom. The van der Waals surface area contributed by atoms with E-state index in [1.165, 1.54) is 0 Å². The van der Waals surface area contributed by atoms with Crippen LogP contribution < -0.4 is 15.4 Å². The molecule has 2 aromatic carbocycles. The molecule has 1 heterocycles. The summed E-state index contributed by atoms with van der Waals surface area (Å²) in [7, 11) is -3.54. The van der Waals surface area contributed by atoms with Crippen LogP contribution in [-0.2, 0) is 10.0 Å². The van der Waals surface area contributed by atoms with E-state index in [2.05, 4.69) is 31.3 Å². The SMILES string of the molecule is CCCC1c2c(Cl)ccc(NC(O)Nc3ccccc3Br)c2NS1(=O)=O. The molecular weight excluding hydrogens is 442 g/mol. The van der Waals surface area contributed by atoms with E-state index in [0.29, 0.717) is 40.5 Å². The molecule has 0 spiro atoms. The van der Waals surface area contributed by atoms with E-state index in [9.17, 15) is 13.5 Å². The first kappa shape index (κ1) is 19.3. The molecule has 2 aromatic rings. The normalized spacial score (nSPS) is 18.7. The summed E-state index contributed by atoms with van der Waals surface area (Å²) < 4.78 is 28.3. The van der Waals surface area contributed by atoms with Crippen molar-refractivity contribution < 1.29 is 13.5 Å². The number of aliphatic hydroxyl groups excluding tert-OH is 1. The lowest BCUT2D eigenvalue weighted by atomic mass is 10.0. The molecule has 0 amide bonds. The van der Waals surface area contributed by atoms with Crippen molar-refractivity contribution in [2.75, 3.05) is 15.4 Å². The maximum Gasteiger partial charge on any atom is 0.240 e. The maximum atomic E-state index is 12.5. The van der Waals surface area contributed by atoms with Gasteiger partial charge in [0.05, 0.1) is 17.1 Å². The van der Waals surface area contributed by atoms with E-state index in [-0.39, 0.29) is 0 Å². The second-order valence-corrected chi connectivity index (χ2v) is 9.10. The number of para-hydroxylation sites is 1. The Hall–Kier alpha value is -1.48. The van der Waals surface area contributed by atoms with E-state index < -0.39 is 21.6 Å². The summed E-state index contributed by atoms with van der Waals surface area (Å²) in [6, 6.07) is 10.6. The quantitative estimate of drug-likeness (QED) is 0.477. The number of sulfonamides is 1. The van der Waals surface area contributed by atoms with Gasteiger partial charge in [0.2, 0.25) is 16.4 Å². The Bertz CT molecular complexity index is 923. The molecule has 1 aliphatic heterocycles. The van der Waals surface area contributed by atoms with Crippen molar-refractivity contribution in [1.82, 2.24) is 0 Å². The largest absolute Gasteiger partial charge is 0.357 e. The summed E-state index contributed by atoms with van der Waals surface area (Å²) in [6.45, 7) is 1.93. The molecule has 6 nitrogen and oxygen atoms in total. The minimum Gasteiger partial charge on any atom is -0.357 e. The van der Waals surface area contributed by atoms with Gasteiger partial charge in [-0.05, 0) is 46.6 Å². The number of anilines is 3. The molecule has 26 heavy (non-hydrogen) atoms. The molecular formula is C17H19BrClN3O3S. The van der Waals surface area contributed by atoms with Gasteiger partial charge in [-0.2, -0.15) is 0 Å². The second kappa shape index (κ2) is 7.64. The fraction of sp³-hybridized carbons (Fsp3) is 0.294. The smallest absolute Gasteiger partial charge is 0.240 e. The van der Waals surface area contributed by atoms with E-state index >= 15 is 0 Å². The first-order valence-corrected chi connectivity index (χ1v) is 10.8. The van der Waals surface area contributed by atoms with Gasteiger partial charge in [-0.3, -0.25) is 4.72 Å². The van der Waals surface area contributed by atoms with Gasteiger partial charge in [0.15, 0.2) is 0 Å². The number of benzene rings is 2. The lowest BCUT2D eigenvalue weighted by molar-refractivity contribution is 0.233. The van der Waals surface area contributed by atoms with Crippen LogP contribution in [0.5, 0.6) is 0 Å². The van der Waals surface area contributed by atoms with Gasteiger partial charge in [-0.15, -0.1) is 0 Å². The zero-order chi connectivity index (χ0) is 18.9. The highest BCUT2D eigenvalue weighted by molar-refractivity contribution is 9.10. The Morgan fingerprint density at radius 3 is 2.62 bits per heavy atom. The molecule has 0 saturated carbocycles. The summed E-state index contributed by atoms with van der Waals surface area (Å²) >= 11 is 9.67. The molecule has 0 aliphatic carbocycles. The average Bonchev–Trinajstić information content (AvgIpc) is 2.85. The Balaban J connectivity index is 1.88. The van der Waals surface area contributed by atoms with E-state index in [1.54, 1.807) is 18.2 Å². The number of hydrogen-bond acceptors (Lipinski definition) is 5. The lowest BCUT2D eigenvalue weighted by Gasteiger charge is -2.20. The summed E-state index contributed by atoms with van der Waals surface area (Å²) in [5, 5.41) is 15.8. The van der Waals surface area contributed by atoms with E-state index in [0.717, 1.165) is 4.47 Å². The minimum atomic E-state index is -3.54. The van der Waals surface area contributed by atoms with Crippen molar-refractivity contribution in [2.45, 2.75) is 31.4 Å². The molecule has 0 radical (unpaired) electrons. The van der Waals surface area contributed by atoms with Gasteiger partial charge in [-0.1, -0.05) is 37.1 Å². The highest BCUT2D eigenvalue weighted by Gasteiger charge is 2.39. The Kier molecular flexibility index (Phi) is 5.67. The third-order valence-electron chi connectivity index (χ3n) is 4.14. The molecule has 140 valence electrons. The third-order valence-corrected chi connectivity index (χ3v) is 6.87. The molecule has 9 heteroatoms. The standard InChI is InChI=1S/C17H19BrClN3O3S/c1-2-5-14-15-11(19)8-9-13(16(15)22-26(14,24)25)21-17(23)20-12-7-4-3-6-10(12)18/h3-4,6-9,14,17,20-23H,2,5H2,1H3. The van der Waals surface area contributed by atoms with Crippen LogP contribution >= 0.6 is 27.5 Å². The van der Waals surface area contributed by atoms with Gasteiger partial charge in [0, 0.05) is 15.1 Å². The van der Waals surface area contributed by atoms with Gasteiger partial charge in [0.1, 0.15) is 5.25 Å².